The number of likely N-dealkylation sites (tertiary alicyclic amines) is 1. The molecule has 1 spiro atoms. The second kappa shape index (κ2) is 6.93. The fraction of sp³-hybridized carbons (Fsp3) is 0.619. The van der Waals surface area contributed by atoms with E-state index in [1.165, 1.54) is 0 Å². The van der Waals surface area contributed by atoms with Crippen molar-refractivity contribution < 1.29 is 19.4 Å². The Morgan fingerprint density at radius 3 is 2.42 bits per heavy atom. The van der Waals surface area contributed by atoms with Crippen molar-refractivity contribution in [3.8, 4) is 5.75 Å². The summed E-state index contributed by atoms with van der Waals surface area (Å²) in [5.41, 5.74) is 2.15. The number of ether oxygens (including phenoxy) is 1. The van der Waals surface area contributed by atoms with E-state index >= 15 is 0 Å². The number of hydrogen-bond acceptors (Lipinski definition) is 3. The van der Waals surface area contributed by atoms with Crippen LogP contribution < -0.4 is 4.74 Å². The standard InChI is InChI=1S/C21H29NO4/c1-13(2)16-6-5-14(3)11-18(16)26-15(4)19(23)22-9-7-21(8-10-22)12-17(21)20(24)25/h5-6,11,13,15,17H,7-10,12H2,1-4H3,(H,24,25). The maximum absolute atomic E-state index is 12.8. The third-order valence-corrected chi connectivity index (χ3v) is 6.00. The molecule has 1 amide bonds. The zero-order valence-corrected chi connectivity index (χ0v) is 16.1. The van der Waals surface area contributed by atoms with Crippen molar-refractivity contribution in [1.82, 2.24) is 4.90 Å². The topological polar surface area (TPSA) is 66.8 Å². The first-order valence-corrected chi connectivity index (χ1v) is 9.52. The fourth-order valence-electron chi connectivity index (χ4n) is 4.14. The molecule has 1 aromatic rings. The van der Waals surface area contributed by atoms with Crippen molar-refractivity contribution in [2.24, 2.45) is 11.3 Å². The molecule has 1 heterocycles. The van der Waals surface area contributed by atoms with E-state index in [0.29, 0.717) is 19.0 Å². The zero-order valence-electron chi connectivity index (χ0n) is 16.1. The van der Waals surface area contributed by atoms with Crippen molar-refractivity contribution in [2.45, 2.75) is 59.0 Å². The van der Waals surface area contributed by atoms with Gasteiger partial charge in [0.15, 0.2) is 6.10 Å². The first-order valence-electron chi connectivity index (χ1n) is 9.52. The molecule has 1 saturated carbocycles. The zero-order chi connectivity index (χ0) is 19.1. The van der Waals surface area contributed by atoms with Crippen molar-refractivity contribution >= 4 is 11.9 Å². The average Bonchev–Trinajstić information content (AvgIpc) is 3.28. The number of piperidine rings is 1. The summed E-state index contributed by atoms with van der Waals surface area (Å²) in [7, 11) is 0. The summed E-state index contributed by atoms with van der Waals surface area (Å²) >= 11 is 0. The summed E-state index contributed by atoms with van der Waals surface area (Å²) in [5, 5.41) is 9.19. The van der Waals surface area contributed by atoms with E-state index in [1.807, 2.05) is 17.9 Å². The number of carbonyl (C=O) groups excluding carboxylic acids is 1. The number of hydrogen-bond donors (Lipinski definition) is 1. The van der Waals surface area contributed by atoms with Gasteiger partial charge in [-0.15, -0.1) is 0 Å². The van der Waals surface area contributed by atoms with Gasteiger partial charge in [-0.25, -0.2) is 0 Å². The Kier molecular flexibility index (Phi) is 5.00. The van der Waals surface area contributed by atoms with Gasteiger partial charge >= 0.3 is 5.97 Å². The molecule has 1 N–H and O–H groups in total. The molecule has 3 rings (SSSR count). The maximum Gasteiger partial charge on any atom is 0.307 e. The summed E-state index contributed by atoms with van der Waals surface area (Å²) < 4.78 is 6.04. The van der Waals surface area contributed by atoms with Crippen molar-refractivity contribution in [2.75, 3.05) is 13.1 Å². The molecule has 2 atom stereocenters. The molecular formula is C21H29NO4. The third kappa shape index (κ3) is 3.57. The predicted octanol–water partition coefficient (Wildman–Crippen LogP) is 3.60. The van der Waals surface area contributed by atoms with Crippen LogP contribution in [0.4, 0.5) is 0 Å². The van der Waals surface area contributed by atoms with Gasteiger partial charge in [0.25, 0.3) is 5.91 Å². The quantitative estimate of drug-likeness (QED) is 0.872. The molecule has 1 aromatic carbocycles. The van der Waals surface area contributed by atoms with Crippen LogP contribution in [-0.2, 0) is 9.59 Å². The number of benzene rings is 1. The first-order chi connectivity index (χ1) is 12.2. The van der Waals surface area contributed by atoms with E-state index in [9.17, 15) is 14.7 Å². The molecule has 0 bridgehead atoms. The van der Waals surface area contributed by atoms with Gasteiger partial charge in [-0.1, -0.05) is 26.0 Å². The van der Waals surface area contributed by atoms with Crippen LogP contribution >= 0.6 is 0 Å². The maximum atomic E-state index is 12.8. The van der Waals surface area contributed by atoms with Gasteiger partial charge < -0.3 is 14.7 Å². The van der Waals surface area contributed by atoms with E-state index in [2.05, 4.69) is 26.0 Å². The van der Waals surface area contributed by atoms with Crippen molar-refractivity contribution in [1.29, 1.82) is 0 Å². The van der Waals surface area contributed by atoms with Gasteiger partial charge in [0.1, 0.15) is 5.75 Å². The molecule has 5 nitrogen and oxygen atoms in total. The lowest BCUT2D eigenvalue weighted by atomic mass is 9.90. The number of amides is 1. The van der Waals surface area contributed by atoms with Crippen LogP contribution in [0.2, 0.25) is 0 Å². The highest BCUT2D eigenvalue weighted by molar-refractivity contribution is 5.81. The predicted molar refractivity (Wildman–Crippen MR) is 99.3 cm³/mol. The average molecular weight is 359 g/mol. The smallest absolute Gasteiger partial charge is 0.307 e. The molecule has 26 heavy (non-hydrogen) atoms. The number of aryl methyl sites for hydroxylation is 1. The molecule has 2 fully saturated rings. The molecule has 2 unspecified atom stereocenters. The van der Waals surface area contributed by atoms with Crippen LogP contribution in [0.25, 0.3) is 0 Å². The van der Waals surface area contributed by atoms with Crippen molar-refractivity contribution in [3.63, 3.8) is 0 Å². The van der Waals surface area contributed by atoms with Crippen LogP contribution in [-0.4, -0.2) is 41.1 Å². The van der Waals surface area contributed by atoms with Gasteiger partial charge in [-0.3, -0.25) is 9.59 Å². The highest BCUT2D eigenvalue weighted by Gasteiger charge is 2.59. The molecule has 1 aliphatic heterocycles. The number of rotatable bonds is 5. The minimum absolute atomic E-state index is 0.0106. The first kappa shape index (κ1) is 18.7. The second-order valence-electron chi connectivity index (χ2n) is 8.24. The number of aliphatic carboxylic acids is 1. The van der Waals surface area contributed by atoms with Crippen LogP contribution in [0.15, 0.2) is 18.2 Å². The minimum atomic E-state index is -0.692. The van der Waals surface area contributed by atoms with Crippen LogP contribution in [0.5, 0.6) is 5.75 Å². The number of carbonyl (C=O) groups is 2. The molecule has 1 aliphatic carbocycles. The Hall–Kier alpha value is -2.04. The van der Waals surface area contributed by atoms with Crippen LogP contribution in [0, 0.1) is 18.3 Å². The number of carboxylic acid groups (broad SMARTS) is 1. The Bertz CT molecular complexity index is 704. The van der Waals surface area contributed by atoms with E-state index < -0.39 is 12.1 Å². The molecule has 142 valence electrons. The number of carboxylic acids is 1. The molecule has 0 aromatic heterocycles. The highest BCUT2D eigenvalue weighted by atomic mass is 16.5. The largest absolute Gasteiger partial charge is 0.481 e. The van der Waals surface area contributed by atoms with E-state index in [1.54, 1.807) is 6.92 Å². The van der Waals surface area contributed by atoms with E-state index in [4.69, 9.17) is 4.74 Å². The van der Waals surface area contributed by atoms with Gasteiger partial charge in [-0.2, -0.15) is 0 Å². The molecule has 5 heteroatoms. The molecule has 2 aliphatic rings. The summed E-state index contributed by atoms with van der Waals surface area (Å²) in [5.74, 6) is 0.188. The Morgan fingerprint density at radius 1 is 1.23 bits per heavy atom. The SMILES string of the molecule is Cc1ccc(C(C)C)c(OC(C)C(=O)N2CCC3(CC2)CC3C(=O)O)c1. The lowest BCUT2D eigenvalue weighted by Crippen LogP contribution is -2.45. The van der Waals surface area contributed by atoms with E-state index in [-0.39, 0.29) is 17.2 Å². The minimum Gasteiger partial charge on any atom is -0.481 e. The van der Waals surface area contributed by atoms with Gasteiger partial charge in [0.05, 0.1) is 5.92 Å². The summed E-state index contributed by atoms with van der Waals surface area (Å²) in [6, 6.07) is 6.12. The number of nitrogens with zero attached hydrogens (tertiary/aromatic N) is 1. The lowest BCUT2D eigenvalue weighted by molar-refractivity contribution is -0.141. The Labute approximate surface area is 155 Å². The van der Waals surface area contributed by atoms with Crippen LogP contribution in [0.1, 0.15) is 57.1 Å². The van der Waals surface area contributed by atoms with Gasteiger partial charge in [-0.05, 0) is 61.6 Å². The van der Waals surface area contributed by atoms with Gasteiger partial charge in [0, 0.05) is 13.1 Å². The normalized spacial score (nSPS) is 22.3. The fourth-order valence-corrected chi connectivity index (χ4v) is 4.14. The highest BCUT2D eigenvalue weighted by Crippen LogP contribution is 2.59. The third-order valence-electron chi connectivity index (χ3n) is 6.00. The summed E-state index contributed by atoms with van der Waals surface area (Å²) in [6.07, 6.45) is 1.78. The summed E-state index contributed by atoms with van der Waals surface area (Å²) in [6.45, 7) is 9.30. The monoisotopic (exact) mass is 359 g/mol. The van der Waals surface area contributed by atoms with Crippen LogP contribution in [0.3, 0.4) is 0 Å². The Balaban J connectivity index is 1.61. The molecule has 0 radical (unpaired) electrons. The second-order valence-corrected chi connectivity index (χ2v) is 8.24. The van der Waals surface area contributed by atoms with Crippen molar-refractivity contribution in [3.05, 3.63) is 29.3 Å². The van der Waals surface area contributed by atoms with E-state index in [0.717, 1.165) is 36.1 Å². The van der Waals surface area contributed by atoms with Gasteiger partial charge in [0.2, 0.25) is 0 Å². The molecule has 1 saturated heterocycles. The summed E-state index contributed by atoms with van der Waals surface area (Å²) in [4.78, 5) is 25.8. The lowest BCUT2D eigenvalue weighted by Gasteiger charge is -2.34. The Morgan fingerprint density at radius 2 is 1.88 bits per heavy atom. The molecular weight excluding hydrogens is 330 g/mol.